The third-order valence-electron chi connectivity index (χ3n) is 6.29. The van der Waals surface area contributed by atoms with Gasteiger partial charge in [-0.1, -0.05) is 23.8 Å². The fraction of sp³-hybridized carbons (Fsp3) is 0.348. The van der Waals surface area contributed by atoms with Crippen LogP contribution in [0.25, 0.3) is 10.9 Å². The number of hydrogen-bond acceptors (Lipinski definition) is 6. The van der Waals surface area contributed by atoms with E-state index < -0.39 is 11.6 Å². The number of aromatic nitrogens is 2. The minimum atomic E-state index is -1.26. The lowest BCUT2D eigenvalue weighted by molar-refractivity contribution is 0.0803. The van der Waals surface area contributed by atoms with Crippen molar-refractivity contribution in [3.05, 3.63) is 62.7 Å². The minimum Gasteiger partial charge on any atom is -0.352 e. The summed E-state index contributed by atoms with van der Waals surface area (Å²) >= 11 is 7.50. The SMILES string of the molecule is CN1CCc2nc(C(=O)NC3CC=CCC3(N)C(=O)c3cc4cc(Cl)ccc4[nH]3)sc2C1.Cl. The molecule has 3 aromatic rings. The van der Waals surface area contributed by atoms with Gasteiger partial charge in [0.25, 0.3) is 5.91 Å². The van der Waals surface area contributed by atoms with Gasteiger partial charge in [0.15, 0.2) is 5.01 Å². The smallest absolute Gasteiger partial charge is 0.280 e. The highest BCUT2D eigenvalue weighted by Gasteiger charge is 2.44. The summed E-state index contributed by atoms with van der Waals surface area (Å²) in [6.07, 6.45) is 5.51. The molecule has 2 unspecified atom stereocenters. The normalized spacial score (nSPS) is 22.6. The summed E-state index contributed by atoms with van der Waals surface area (Å²) in [5.74, 6) is -0.516. The van der Waals surface area contributed by atoms with E-state index in [-0.39, 0.29) is 24.1 Å². The third kappa shape index (κ3) is 4.46. The maximum atomic E-state index is 13.5. The van der Waals surface area contributed by atoms with Crippen molar-refractivity contribution in [1.82, 2.24) is 20.2 Å². The highest BCUT2D eigenvalue weighted by molar-refractivity contribution is 7.13. The van der Waals surface area contributed by atoms with E-state index in [1.165, 1.54) is 11.3 Å². The van der Waals surface area contributed by atoms with Gasteiger partial charge in [-0.15, -0.1) is 23.7 Å². The predicted molar refractivity (Wildman–Crippen MR) is 134 cm³/mol. The fourth-order valence-electron chi connectivity index (χ4n) is 4.42. The number of rotatable bonds is 4. The number of likely N-dealkylation sites (N-methyl/N-ethyl adjacent to an activating group) is 1. The highest BCUT2D eigenvalue weighted by atomic mass is 35.5. The molecule has 1 aliphatic carbocycles. The van der Waals surface area contributed by atoms with Crippen LogP contribution in [0.5, 0.6) is 0 Å². The Labute approximate surface area is 206 Å². The lowest BCUT2D eigenvalue weighted by Gasteiger charge is -2.37. The Morgan fingerprint density at radius 3 is 2.97 bits per heavy atom. The van der Waals surface area contributed by atoms with Gasteiger partial charge in [-0.05, 0) is 44.2 Å². The number of carbonyl (C=O) groups excluding carboxylic acids is 2. The lowest BCUT2D eigenvalue weighted by Crippen LogP contribution is -2.63. The molecule has 174 valence electrons. The van der Waals surface area contributed by atoms with Crippen molar-refractivity contribution in [2.45, 2.75) is 37.4 Å². The summed E-state index contributed by atoms with van der Waals surface area (Å²) in [7, 11) is 2.06. The van der Waals surface area contributed by atoms with E-state index in [0.717, 1.165) is 41.0 Å². The largest absolute Gasteiger partial charge is 0.352 e. The summed E-state index contributed by atoms with van der Waals surface area (Å²) < 4.78 is 0. The first-order valence-electron chi connectivity index (χ1n) is 10.6. The van der Waals surface area contributed by atoms with Gasteiger partial charge in [-0.2, -0.15) is 0 Å². The molecule has 0 saturated heterocycles. The van der Waals surface area contributed by atoms with E-state index in [2.05, 4.69) is 27.2 Å². The standard InChI is InChI=1S/C23H24ClN5O2S.ClH/c1-29-9-7-16-18(12-29)32-22(27-16)21(31)28-19-4-2-3-8-23(19,25)20(30)17-11-13-10-14(24)5-6-15(13)26-17;/h2-3,5-6,10-11,19,26H,4,7-9,12,25H2,1H3,(H,28,31);1H. The van der Waals surface area contributed by atoms with Crippen LogP contribution in [0.2, 0.25) is 5.02 Å². The number of carbonyl (C=O) groups is 2. The van der Waals surface area contributed by atoms with Crippen molar-refractivity contribution in [2.75, 3.05) is 13.6 Å². The number of halogens is 2. The van der Waals surface area contributed by atoms with Crippen LogP contribution >= 0.6 is 35.3 Å². The number of hydrogen-bond donors (Lipinski definition) is 3. The molecule has 1 amide bonds. The van der Waals surface area contributed by atoms with Gasteiger partial charge in [-0.25, -0.2) is 4.98 Å². The van der Waals surface area contributed by atoms with Crippen molar-refractivity contribution in [1.29, 1.82) is 0 Å². The summed E-state index contributed by atoms with van der Waals surface area (Å²) in [6.45, 7) is 1.73. The number of H-pyrrole nitrogens is 1. The second-order valence-electron chi connectivity index (χ2n) is 8.60. The number of nitrogens with zero attached hydrogens (tertiary/aromatic N) is 2. The number of nitrogens with two attached hydrogens (primary N) is 1. The average molecular weight is 506 g/mol. The number of ketones is 1. The van der Waals surface area contributed by atoms with Crippen LogP contribution in [-0.4, -0.2) is 51.7 Å². The van der Waals surface area contributed by atoms with Crippen LogP contribution < -0.4 is 11.1 Å². The van der Waals surface area contributed by atoms with Crippen LogP contribution in [0.4, 0.5) is 0 Å². The number of aromatic amines is 1. The first-order valence-corrected chi connectivity index (χ1v) is 11.8. The van der Waals surface area contributed by atoms with E-state index in [1.54, 1.807) is 18.2 Å². The Hall–Kier alpha value is -2.23. The zero-order valence-electron chi connectivity index (χ0n) is 18.1. The molecule has 2 atom stereocenters. The molecule has 0 spiro atoms. The molecule has 4 N–H and O–H groups in total. The van der Waals surface area contributed by atoms with Gasteiger partial charge in [0, 0.05) is 40.3 Å². The average Bonchev–Trinajstić information content (AvgIpc) is 3.38. The van der Waals surface area contributed by atoms with E-state index in [0.29, 0.717) is 28.6 Å². The molecule has 33 heavy (non-hydrogen) atoms. The fourth-order valence-corrected chi connectivity index (χ4v) is 5.69. The Bertz CT molecular complexity index is 1250. The number of thiazole rings is 1. The quantitative estimate of drug-likeness (QED) is 0.370. The second-order valence-corrected chi connectivity index (χ2v) is 10.1. The molecule has 1 aliphatic heterocycles. The molecular weight excluding hydrogens is 481 g/mol. The summed E-state index contributed by atoms with van der Waals surface area (Å²) in [5, 5.41) is 4.87. The van der Waals surface area contributed by atoms with E-state index in [4.69, 9.17) is 17.3 Å². The van der Waals surface area contributed by atoms with Crippen molar-refractivity contribution in [2.24, 2.45) is 5.73 Å². The van der Waals surface area contributed by atoms with Gasteiger partial charge in [0.05, 0.1) is 17.4 Å². The zero-order chi connectivity index (χ0) is 22.5. The Morgan fingerprint density at radius 2 is 2.15 bits per heavy atom. The third-order valence-corrected chi connectivity index (χ3v) is 7.60. The van der Waals surface area contributed by atoms with E-state index in [9.17, 15) is 9.59 Å². The molecule has 0 saturated carbocycles. The Morgan fingerprint density at radius 1 is 1.33 bits per heavy atom. The minimum absolute atomic E-state index is 0. The van der Waals surface area contributed by atoms with Crippen LogP contribution in [0.1, 0.15) is 43.7 Å². The second kappa shape index (κ2) is 9.19. The molecule has 2 aliphatic rings. The van der Waals surface area contributed by atoms with Gasteiger partial charge >= 0.3 is 0 Å². The van der Waals surface area contributed by atoms with Crippen molar-refractivity contribution >= 4 is 57.9 Å². The zero-order valence-corrected chi connectivity index (χ0v) is 20.4. The molecule has 0 radical (unpaired) electrons. The number of Topliss-reactive ketones (excluding diaryl/α,β-unsaturated/α-hetero) is 1. The molecule has 10 heteroatoms. The maximum absolute atomic E-state index is 13.5. The molecule has 2 aromatic heterocycles. The summed E-state index contributed by atoms with van der Waals surface area (Å²) in [4.78, 5) is 37.6. The van der Waals surface area contributed by atoms with Gasteiger partial charge in [0.1, 0.15) is 5.54 Å². The Kier molecular flexibility index (Phi) is 6.66. The van der Waals surface area contributed by atoms with Crippen molar-refractivity contribution in [3.8, 4) is 0 Å². The monoisotopic (exact) mass is 505 g/mol. The number of fused-ring (bicyclic) bond motifs is 2. The molecule has 0 fully saturated rings. The predicted octanol–water partition coefficient (Wildman–Crippen LogP) is 3.72. The number of nitrogens with one attached hydrogen (secondary N) is 2. The molecule has 7 nitrogen and oxygen atoms in total. The van der Waals surface area contributed by atoms with Crippen LogP contribution in [0.15, 0.2) is 36.4 Å². The molecule has 5 rings (SSSR count). The molecular formula is C23H25Cl2N5O2S. The number of amides is 1. The topological polar surface area (TPSA) is 104 Å². The summed E-state index contributed by atoms with van der Waals surface area (Å²) in [5.41, 5.74) is 7.64. The van der Waals surface area contributed by atoms with Gasteiger partial charge in [0.2, 0.25) is 5.78 Å². The first-order chi connectivity index (χ1) is 15.3. The first kappa shape index (κ1) is 23.9. The Balaban J connectivity index is 0.00000259. The van der Waals surface area contributed by atoms with Crippen LogP contribution in [-0.2, 0) is 13.0 Å². The van der Waals surface area contributed by atoms with Crippen molar-refractivity contribution in [3.63, 3.8) is 0 Å². The van der Waals surface area contributed by atoms with Crippen molar-refractivity contribution < 1.29 is 9.59 Å². The molecule has 0 bridgehead atoms. The van der Waals surface area contributed by atoms with E-state index in [1.807, 2.05) is 18.2 Å². The number of benzene rings is 1. The molecule has 3 heterocycles. The van der Waals surface area contributed by atoms with Crippen LogP contribution in [0.3, 0.4) is 0 Å². The maximum Gasteiger partial charge on any atom is 0.280 e. The lowest BCUT2D eigenvalue weighted by atomic mass is 9.77. The highest BCUT2D eigenvalue weighted by Crippen LogP contribution is 2.29. The van der Waals surface area contributed by atoms with Gasteiger partial charge in [-0.3, -0.25) is 9.59 Å². The van der Waals surface area contributed by atoms with E-state index >= 15 is 0 Å². The van der Waals surface area contributed by atoms with Gasteiger partial charge < -0.3 is 20.9 Å². The van der Waals surface area contributed by atoms with Crippen LogP contribution in [0, 0.1) is 0 Å². The molecule has 1 aromatic carbocycles. The summed E-state index contributed by atoms with van der Waals surface area (Å²) in [6, 6.07) is 6.63.